The van der Waals surface area contributed by atoms with E-state index in [-0.39, 0.29) is 0 Å². The van der Waals surface area contributed by atoms with E-state index in [4.69, 9.17) is 33.5 Å². The topological polar surface area (TPSA) is 207 Å². The first-order valence-electron chi connectivity index (χ1n) is 4.48. The lowest BCUT2D eigenvalue weighted by Crippen LogP contribution is -1.97. The number of aromatic hydroxyl groups is 1. The first kappa shape index (κ1) is 22.2. The van der Waals surface area contributed by atoms with Crippen molar-refractivity contribution < 1.29 is 50.3 Å². The Balaban J connectivity index is 0. The van der Waals surface area contributed by atoms with Gasteiger partial charge in [-0.3, -0.25) is 9.11 Å². The van der Waals surface area contributed by atoms with Gasteiger partial charge >= 0.3 is 7.82 Å². The summed E-state index contributed by atoms with van der Waals surface area (Å²) in [5, 5.41) is 8.91. The number of phenols is 1. The van der Waals surface area contributed by atoms with Gasteiger partial charge in [0, 0.05) is 0 Å². The van der Waals surface area contributed by atoms with Crippen molar-refractivity contribution in [3.05, 3.63) is 24.3 Å². The van der Waals surface area contributed by atoms with Crippen molar-refractivity contribution in [2.24, 2.45) is 0 Å². The monoisotopic (exact) mass is 368 g/mol. The molecular formula is C7H13O11PS2. The first-order valence-corrected chi connectivity index (χ1v) is 9.33. The van der Waals surface area contributed by atoms with Crippen molar-refractivity contribution in [2.45, 2.75) is 4.90 Å². The molecule has 0 heterocycles. The fourth-order valence-corrected chi connectivity index (χ4v) is 1.26. The highest BCUT2D eigenvalue weighted by molar-refractivity contribution is 7.86. The molecule has 1 rings (SSSR count). The minimum atomic E-state index is -4.64. The van der Waals surface area contributed by atoms with Gasteiger partial charge in [-0.05, 0) is 12.1 Å². The Hall–Kier alpha value is -1.05. The molecule has 0 aliphatic rings. The number of para-hydroxylation sites is 1. The van der Waals surface area contributed by atoms with Crippen LogP contribution < -0.4 is 0 Å². The molecule has 11 nitrogen and oxygen atoms in total. The van der Waals surface area contributed by atoms with E-state index < -0.39 is 38.7 Å². The summed E-state index contributed by atoms with van der Waals surface area (Å²) in [6, 6.07) is 5.17. The van der Waals surface area contributed by atoms with Crippen LogP contribution in [0.5, 0.6) is 5.75 Å². The Morgan fingerprint density at radius 1 is 0.952 bits per heavy atom. The number of benzene rings is 1. The van der Waals surface area contributed by atoms with Gasteiger partial charge in [-0.25, -0.2) is 4.57 Å². The van der Waals surface area contributed by atoms with E-state index in [1.807, 2.05) is 0 Å². The van der Waals surface area contributed by atoms with Gasteiger partial charge < -0.3 is 19.8 Å². The molecule has 0 radical (unpaired) electrons. The van der Waals surface area contributed by atoms with Crippen LogP contribution in [-0.2, 0) is 24.8 Å². The van der Waals surface area contributed by atoms with Crippen molar-refractivity contribution >= 4 is 28.1 Å². The molecule has 0 atom stereocenters. The minimum Gasteiger partial charge on any atom is -0.506 e. The van der Waals surface area contributed by atoms with Crippen LogP contribution in [0.15, 0.2) is 29.2 Å². The molecule has 0 amide bonds. The molecule has 0 unspecified atom stereocenters. The first-order chi connectivity index (χ1) is 9.02. The third kappa shape index (κ3) is 21.4. The van der Waals surface area contributed by atoms with Crippen LogP contribution in [0.1, 0.15) is 0 Å². The van der Waals surface area contributed by atoms with Crippen LogP contribution in [0, 0.1) is 0 Å². The molecule has 0 fully saturated rings. The predicted octanol–water partition coefficient (Wildman–Crippen LogP) is -0.786. The Bertz CT molecular complexity index is 671. The molecule has 0 aliphatic heterocycles. The van der Waals surface area contributed by atoms with E-state index in [0.717, 1.165) is 6.07 Å². The van der Waals surface area contributed by atoms with E-state index >= 15 is 0 Å². The van der Waals surface area contributed by atoms with Crippen LogP contribution in [0.2, 0.25) is 0 Å². The van der Waals surface area contributed by atoms with E-state index in [9.17, 15) is 16.8 Å². The van der Waals surface area contributed by atoms with Crippen molar-refractivity contribution in [1.29, 1.82) is 0 Å². The fraction of sp³-hybridized carbons (Fsp3) is 0.143. The molecule has 0 spiro atoms. The van der Waals surface area contributed by atoms with Crippen LogP contribution in [-0.4, -0.2) is 52.0 Å². The predicted molar refractivity (Wildman–Crippen MR) is 69.7 cm³/mol. The maximum atomic E-state index is 10.4. The average molecular weight is 368 g/mol. The van der Waals surface area contributed by atoms with Gasteiger partial charge in [0.05, 0.1) is 6.26 Å². The zero-order valence-corrected chi connectivity index (χ0v) is 12.8. The van der Waals surface area contributed by atoms with Gasteiger partial charge in [0.25, 0.3) is 20.2 Å². The summed E-state index contributed by atoms with van der Waals surface area (Å²) in [6.45, 7) is 0. The standard InChI is InChI=1S/C6H6O4S.CH4O3S.H3O4P/c7-5-3-1-2-4-6(5)11(8,9)10;2*1-5(2,3)4/h1-4,7H,(H,8,9,10);1H3,(H,2,3,4);(H3,1,2,3,4). The van der Waals surface area contributed by atoms with E-state index in [1.54, 1.807) is 0 Å². The molecule has 0 bridgehead atoms. The zero-order valence-electron chi connectivity index (χ0n) is 10.3. The highest BCUT2D eigenvalue weighted by Crippen LogP contribution is 2.25. The maximum Gasteiger partial charge on any atom is 0.466 e. The smallest absolute Gasteiger partial charge is 0.466 e. The lowest BCUT2D eigenvalue weighted by Gasteiger charge is -1.97. The second kappa shape index (κ2) is 8.41. The van der Waals surface area contributed by atoms with Crippen LogP contribution in [0.3, 0.4) is 0 Å². The second-order valence-electron chi connectivity index (χ2n) is 3.19. The summed E-state index contributed by atoms with van der Waals surface area (Å²) < 4.78 is 64.1. The van der Waals surface area contributed by atoms with Crippen molar-refractivity contribution in [2.75, 3.05) is 6.26 Å². The highest BCUT2D eigenvalue weighted by atomic mass is 32.2. The van der Waals surface area contributed by atoms with Gasteiger partial charge in [-0.15, -0.1) is 0 Å². The Labute approximate surface area is 120 Å². The van der Waals surface area contributed by atoms with Gasteiger partial charge in [0.2, 0.25) is 0 Å². The average Bonchev–Trinajstić information content (AvgIpc) is 2.10. The lowest BCUT2D eigenvalue weighted by molar-refractivity contribution is 0.275. The Morgan fingerprint density at radius 3 is 1.43 bits per heavy atom. The van der Waals surface area contributed by atoms with Crippen LogP contribution in [0.4, 0.5) is 0 Å². The normalized spacial score (nSPS) is 11.5. The van der Waals surface area contributed by atoms with Crippen molar-refractivity contribution in [3.63, 3.8) is 0 Å². The van der Waals surface area contributed by atoms with E-state index in [0.29, 0.717) is 6.26 Å². The van der Waals surface area contributed by atoms with Gasteiger partial charge in [0.15, 0.2) is 0 Å². The largest absolute Gasteiger partial charge is 0.506 e. The van der Waals surface area contributed by atoms with E-state index in [2.05, 4.69) is 0 Å². The fourth-order valence-electron chi connectivity index (χ4n) is 0.675. The summed E-state index contributed by atoms with van der Waals surface area (Å²) >= 11 is 0. The highest BCUT2D eigenvalue weighted by Gasteiger charge is 2.12. The molecule has 0 saturated heterocycles. The quantitative estimate of drug-likeness (QED) is 0.267. The molecule has 0 saturated carbocycles. The molecule has 1 aromatic rings. The zero-order chi connectivity index (χ0) is 17.5. The Morgan fingerprint density at radius 2 is 1.24 bits per heavy atom. The summed E-state index contributed by atoms with van der Waals surface area (Å²) in [7, 11) is -12.6. The number of hydrogen-bond donors (Lipinski definition) is 6. The number of rotatable bonds is 1. The van der Waals surface area contributed by atoms with Crippen LogP contribution in [0.25, 0.3) is 0 Å². The number of hydrogen-bond acceptors (Lipinski definition) is 6. The van der Waals surface area contributed by atoms with Crippen molar-refractivity contribution in [3.8, 4) is 5.75 Å². The van der Waals surface area contributed by atoms with Crippen LogP contribution >= 0.6 is 7.82 Å². The molecule has 21 heavy (non-hydrogen) atoms. The third-order valence-corrected chi connectivity index (χ3v) is 2.04. The molecule has 124 valence electrons. The molecule has 14 heteroatoms. The third-order valence-electron chi connectivity index (χ3n) is 1.14. The molecule has 0 aromatic heterocycles. The Kier molecular flexibility index (Phi) is 8.90. The summed E-state index contributed by atoms with van der Waals surface area (Å²) in [4.78, 5) is 21.1. The minimum absolute atomic E-state index is 0.449. The van der Waals surface area contributed by atoms with Crippen molar-refractivity contribution in [1.82, 2.24) is 0 Å². The summed E-state index contributed by atoms with van der Waals surface area (Å²) in [6.07, 6.45) is 0.715. The van der Waals surface area contributed by atoms with Gasteiger partial charge in [-0.1, -0.05) is 12.1 Å². The molecule has 0 aliphatic carbocycles. The van der Waals surface area contributed by atoms with Gasteiger partial charge in [0.1, 0.15) is 10.6 Å². The summed E-state index contributed by atoms with van der Waals surface area (Å²) in [5.74, 6) is -0.449. The lowest BCUT2D eigenvalue weighted by atomic mass is 10.3. The maximum absolute atomic E-state index is 10.4. The SMILES string of the molecule is CS(=O)(=O)O.O=P(O)(O)O.O=S(=O)(O)c1ccccc1O. The second-order valence-corrected chi connectivity index (χ2v) is 7.07. The molecular weight excluding hydrogens is 355 g/mol. The molecule has 1 aromatic carbocycles. The summed E-state index contributed by atoms with van der Waals surface area (Å²) in [5.41, 5.74) is 0. The van der Waals surface area contributed by atoms with Gasteiger partial charge in [-0.2, -0.15) is 16.8 Å². The number of phenolic OH excluding ortho intramolecular Hbond substituents is 1. The number of phosphoric acid groups is 1. The molecule has 6 N–H and O–H groups in total. The van der Waals surface area contributed by atoms with E-state index in [1.165, 1.54) is 18.2 Å².